The van der Waals surface area contributed by atoms with Crippen molar-refractivity contribution in [1.29, 1.82) is 0 Å². The predicted molar refractivity (Wildman–Crippen MR) is 192 cm³/mol. The van der Waals surface area contributed by atoms with Gasteiger partial charge in [-0.2, -0.15) is 0 Å². The molecule has 0 amide bonds. The van der Waals surface area contributed by atoms with E-state index in [0.717, 1.165) is 0 Å². The molecule has 2 atom stereocenters. The van der Waals surface area contributed by atoms with Gasteiger partial charge in [0.2, 0.25) is 0 Å². The zero-order valence-corrected chi connectivity index (χ0v) is 33.0. The van der Waals surface area contributed by atoms with Crippen molar-refractivity contribution in [3.8, 4) is 22.3 Å². The molecular formula is C42H48HfSi. The number of hydrogen-bond acceptors (Lipinski definition) is 0. The summed E-state index contributed by atoms with van der Waals surface area (Å²) in [5, 5.41) is 3.76. The van der Waals surface area contributed by atoms with Gasteiger partial charge in [-0.25, -0.2) is 0 Å². The Bertz CT molecular complexity index is 1760. The third kappa shape index (κ3) is 3.95. The van der Waals surface area contributed by atoms with Gasteiger partial charge in [0.15, 0.2) is 0 Å². The second kappa shape index (κ2) is 10.5. The molecule has 2 aliphatic carbocycles. The van der Waals surface area contributed by atoms with Gasteiger partial charge in [-0.1, -0.05) is 0 Å². The van der Waals surface area contributed by atoms with Crippen LogP contribution >= 0.6 is 0 Å². The zero-order chi connectivity index (χ0) is 31.3. The van der Waals surface area contributed by atoms with E-state index in [4.69, 9.17) is 0 Å². The molecule has 0 saturated carbocycles. The number of rotatable bonds is 4. The number of fused-ring (bicyclic) bond motifs is 6. The first-order valence-corrected chi connectivity index (χ1v) is 30.2. The Labute approximate surface area is 271 Å². The van der Waals surface area contributed by atoms with Gasteiger partial charge in [0.05, 0.1) is 0 Å². The minimum atomic E-state index is -3.12. The number of allylic oxidation sites excluding steroid dienone is 2. The van der Waals surface area contributed by atoms with Gasteiger partial charge in [0, 0.05) is 0 Å². The molecule has 3 aliphatic rings. The van der Waals surface area contributed by atoms with Crippen LogP contribution in [-0.4, -0.2) is 8.07 Å². The van der Waals surface area contributed by atoms with Crippen molar-refractivity contribution in [2.24, 2.45) is 0 Å². The normalized spacial score (nSPS) is 20.6. The average Bonchev–Trinajstić information content (AvgIpc) is 3.57. The van der Waals surface area contributed by atoms with Gasteiger partial charge in [-0.3, -0.25) is 0 Å². The number of aryl methyl sites for hydroxylation is 2. The fourth-order valence-electron chi connectivity index (χ4n) is 10.0. The Morgan fingerprint density at radius 2 is 0.886 bits per heavy atom. The summed E-state index contributed by atoms with van der Waals surface area (Å²) < 4.78 is 6.91. The van der Waals surface area contributed by atoms with E-state index >= 15 is 0 Å². The second-order valence-corrected chi connectivity index (χ2v) is 37.6. The van der Waals surface area contributed by atoms with Crippen molar-refractivity contribution in [1.82, 2.24) is 0 Å². The van der Waals surface area contributed by atoms with E-state index in [1.165, 1.54) is 55.6 Å². The van der Waals surface area contributed by atoms with E-state index in [2.05, 4.69) is 150 Å². The van der Waals surface area contributed by atoms with Crippen LogP contribution < -0.4 is 0 Å². The van der Waals surface area contributed by atoms with Crippen LogP contribution in [-0.2, 0) is 20.0 Å². The van der Waals surface area contributed by atoms with Gasteiger partial charge in [0.25, 0.3) is 0 Å². The van der Waals surface area contributed by atoms with E-state index in [9.17, 15) is 0 Å². The zero-order valence-electron chi connectivity index (χ0n) is 28.4. The molecule has 1 saturated heterocycles. The molecule has 0 nitrogen and oxygen atoms in total. The molecule has 1 aliphatic heterocycles. The Morgan fingerprint density at radius 1 is 0.523 bits per heavy atom. The first-order chi connectivity index (χ1) is 20.9. The Hall–Kier alpha value is -2.55. The summed E-state index contributed by atoms with van der Waals surface area (Å²) in [6, 6.07) is 28.3. The Balaban J connectivity index is 1.53. The van der Waals surface area contributed by atoms with Crippen LogP contribution in [0.15, 0.2) is 83.2 Å². The monoisotopic (exact) mass is 760 g/mol. The average molecular weight is 759 g/mol. The molecule has 44 heavy (non-hydrogen) atoms. The van der Waals surface area contributed by atoms with Gasteiger partial charge >= 0.3 is 273 Å². The summed E-state index contributed by atoms with van der Waals surface area (Å²) in [6.07, 6.45) is 5.55. The van der Waals surface area contributed by atoms with E-state index in [1.54, 1.807) is 11.1 Å². The molecule has 1 heterocycles. The second-order valence-electron chi connectivity index (χ2n) is 15.2. The van der Waals surface area contributed by atoms with Gasteiger partial charge in [0.1, 0.15) is 0 Å². The fourth-order valence-corrected chi connectivity index (χ4v) is 42.7. The molecule has 0 radical (unpaired) electrons. The fraction of sp³-hybridized carbons (Fsp3) is 0.333. The summed E-state index contributed by atoms with van der Waals surface area (Å²) in [7, 11) is -2.10. The molecule has 2 unspecified atom stereocenters. The van der Waals surface area contributed by atoms with Crippen LogP contribution in [0.2, 0.25) is 20.4 Å². The standard InChI is InChI=1S/C40H42Si.2CH3.Hf/c1-25(2)41(26(3)4,33-21-31-15-11-19-37(39(31)23-33)35-17-9-13-27(5)29(35)7)34-22-32-16-12-20-38(40(32)24-34)36-18-10-14-28(6)30(36)8;;;/h9-26H,1-8H3;2*1H3;. The van der Waals surface area contributed by atoms with E-state index < -0.39 is 28.0 Å². The quantitative estimate of drug-likeness (QED) is 0.182. The molecule has 224 valence electrons. The van der Waals surface area contributed by atoms with Crippen LogP contribution in [0.25, 0.3) is 34.4 Å². The van der Waals surface area contributed by atoms with Crippen LogP contribution in [0.5, 0.6) is 0 Å². The summed E-state index contributed by atoms with van der Waals surface area (Å²) >= 11 is -3.12. The summed E-state index contributed by atoms with van der Waals surface area (Å²) in [4.78, 5) is 0. The first-order valence-electron chi connectivity index (χ1n) is 16.7. The SMILES string of the molecule is Cc1cccc(-c2cccc3c2C=C2[CH]3[Hf]([CH3])([CH3])[CH]3C(=Cc4c(-c5cccc(C)c5C)cccc43)[Si]2(C(C)C)C(C)C)c1C. The number of benzene rings is 4. The summed E-state index contributed by atoms with van der Waals surface area (Å²) in [5.41, 5.74) is 19.0. The molecule has 0 aromatic heterocycles. The topological polar surface area (TPSA) is 0 Å². The van der Waals surface area contributed by atoms with Crippen molar-refractivity contribution in [3.05, 3.63) is 128 Å². The van der Waals surface area contributed by atoms with Crippen LogP contribution in [0.3, 0.4) is 0 Å². The van der Waals surface area contributed by atoms with Crippen molar-refractivity contribution < 1.29 is 20.0 Å². The van der Waals surface area contributed by atoms with Crippen LogP contribution in [0.1, 0.15) is 79.6 Å². The third-order valence-corrected chi connectivity index (χ3v) is 35.8. The molecule has 1 fully saturated rings. The number of hydrogen-bond donors (Lipinski definition) is 0. The van der Waals surface area contributed by atoms with Crippen molar-refractivity contribution >= 4 is 20.2 Å². The molecular weight excluding hydrogens is 711 g/mol. The van der Waals surface area contributed by atoms with Crippen LogP contribution in [0.4, 0.5) is 0 Å². The van der Waals surface area contributed by atoms with Gasteiger partial charge < -0.3 is 0 Å². The Kier molecular flexibility index (Phi) is 7.18. The molecule has 0 N–H and O–H groups in total. The van der Waals surface area contributed by atoms with Crippen molar-refractivity contribution in [3.63, 3.8) is 0 Å². The maximum atomic E-state index is 2.81. The molecule has 7 rings (SSSR count). The van der Waals surface area contributed by atoms with E-state index in [0.29, 0.717) is 18.4 Å². The molecule has 0 spiro atoms. The van der Waals surface area contributed by atoms with Gasteiger partial charge in [-0.15, -0.1) is 0 Å². The third-order valence-electron chi connectivity index (χ3n) is 12.2. The van der Waals surface area contributed by atoms with E-state index in [-0.39, 0.29) is 0 Å². The van der Waals surface area contributed by atoms with Crippen molar-refractivity contribution in [2.75, 3.05) is 0 Å². The molecule has 4 aromatic rings. The predicted octanol–water partition coefficient (Wildman–Crippen LogP) is 12.4. The summed E-state index contributed by atoms with van der Waals surface area (Å²) in [6.45, 7) is 19.4. The van der Waals surface area contributed by atoms with Gasteiger partial charge in [-0.05, 0) is 0 Å². The molecule has 0 bridgehead atoms. The molecule has 2 heteroatoms. The van der Waals surface area contributed by atoms with Crippen molar-refractivity contribution in [2.45, 2.75) is 83.2 Å². The summed E-state index contributed by atoms with van der Waals surface area (Å²) in [5.74, 6) is 0. The van der Waals surface area contributed by atoms with E-state index in [1.807, 2.05) is 10.4 Å². The van der Waals surface area contributed by atoms with Crippen LogP contribution in [0, 0.1) is 27.7 Å². The molecule has 4 aromatic carbocycles. The first kappa shape index (κ1) is 30.1. The minimum absolute atomic E-state index is 0.645. The maximum absolute atomic E-state index is 3.12. The Morgan fingerprint density at radius 3 is 1.27 bits per heavy atom.